The molecule has 0 spiro atoms. The first-order chi connectivity index (χ1) is 14.2. The highest BCUT2D eigenvalue weighted by Crippen LogP contribution is 2.38. The molecule has 146 valence electrons. The van der Waals surface area contributed by atoms with Gasteiger partial charge in [-0.05, 0) is 42.5 Å². The molecule has 5 nitrogen and oxygen atoms in total. The molecule has 0 amide bonds. The van der Waals surface area contributed by atoms with Gasteiger partial charge < -0.3 is 19.2 Å². The fraction of sp³-hybridized carbons (Fsp3) is 0.208. The highest BCUT2D eigenvalue weighted by molar-refractivity contribution is 6.04. The molecule has 0 atom stereocenters. The minimum absolute atomic E-state index is 0.158. The smallest absolute Gasteiger partial charge is 0.235 e. The van der Waals surface area contributed by atoms with Crippen molar-refractivity contribution in [2.75, 3.05) is 25.1 Å². The van der Waals surface area contributed by atoms with Crippen LogP contribution in [0.4, 0.5) is 5.69 Å². The monoisotopic (exact) mass is 387 g/mol. The van der Waals surface area contributed by atoms with Crippen molar-refractivity contribution in [3.63, 3.8) is 0 Å². The molecule has 2 heterocycles. The van der Waals surface area contributed by atoms with Gasteiger partial charge in [0.2, 0.25) is 11.2 Å². The van der Waals surface area contributed by atoms with E-state index in [0.29, 0.717) is 22.3 Å². The summed E-state index contributed by atoms with van der Waals surface area (Å²) in [5, 5.41) is 12.8. The van der Waals surface area contributed by atoms with E-state index in [1.54, 1.807) is 13.2 Å². The topological polar surface area (TPSA) is 62.9 Å². The summed E-state index contributed by atoms with van der Waals surface area (Å²) < 4.78 is 11.7. The van der Waals surface area contributed by atoms with Gasteiger partial charge in [0, 0.05) is 24.0 Å². The van der Waals surface area contributed by atoms with Gasteiger partial charge in [0.05, 0.1) is 18.2 Å². The second-order valence-electron chi connectivity index (χ2n) is 7.35. The summed E-state index contributed by atoms with van der Waals surface area (Å²) >= 11 is 0. The Morgan fingerprint density at radius 1 is 1.00 bits per heavy atom. The summed E-state index contributed by atoms with van der Waals surface area (Å²) in [4.78, 5) is 15.1. The average molecular weight is 387 g/mol. The number of hydrogen-bond acceptors (Lipinski definition) is 5. The summed E-state index contributed by atoms with van der Waals surface area (Å²) in [5.41, 5.74) is 1.66. The fourth-order valence-corrected chi connectivity index (χ4v) is 4.15. The molecule has 3 aromatic carbocycles. The lowest BCUT2D eigenvalue weighted by molar-refractivity contribution is 0.414. The number of aromatic hydroxyl groups is 1. The third-order valence-corrected chi connectivity index (χ3v) is 5.65. The van der Waals surface area contributed by atoms with Crippen molar-refractivity contribution in [2.24, 2.45) is 0 Å². The van der Waals surface area contributed by atoms with Crippen LogP contribution in [-0.4, -0.2) is 25.3 Å². The number of methoxy groups -OCH3 is 1. The van der Waals surface area contributed by atoms with Crippen LogP contribution in [0.25, 0.3) is 33.1 Å². The first kappa shape index (κ1) is 17.6. The molecule has 1 saturated heterocycles. The van der Waals surface area contributed by atoms with Crippen molar-refractivity contribution < 1.29 is 14.3 Å². The van der Waals surface area contributed by atoms with E-state index in [-0.39, 0.29) is 11.5 Å². The predicted octanol–water partition coefficient (Wildman–Crippen LogP) is 4.93. The van der Waals surface area contributed by atoms with Crippen LogP contribution in [0.1, 0.15) is 12.8 Å². The number of nitrogens with zero attached hydrogens (tertiary/aromatic N) is 1. The van der Waals surface area contributed by atoms with Crippen LogP contribution < -0.4 is 15.1 Å². The molecule has 1 fully saturated rings. The minimum Gasteiger partial charge on any atom is -0.502 e. The van der Waals surface area contributed by atoms with E-state index in [9.17, 15) is 9.90 Å². The van der Waals surface area contributed by atoms with Crippen molar-refractivity contribution in [1.29, 1.82) is 0 Å². The fourth-order valence-electron chi connectivity index (χ4n) is 4.15. The SMILES string of the molecule is COc1cc(-c2oc3c(ccc4ccccc43)c(=O)c2O)ccc1N1CCCC1. The zero-order chi connectivity index (χ0) is 20.0. The average Bonchev–Trinajstić information content (AvgIpc) is 3.30. The van der Waals surface area contributed by atoms with Crippen LogP contribution in [0.15, 0.2) is 63.8 Å². The van der Waals surface area contributed by atoms with Crippen LogP contribution in [0.2, 0.25) is 0 Å². The second kappa shape index (κ2) is 6.85. The third-order valence-electron chi connectivity index (χ3n) is 5.65. The Hall–Kier alpha value is -3.47. The van der Waals surface area contributed by atoms with Gasteiger partial charge in [-0.25, -0.2) is 0 Å². The van der Waals surface area contributed by atoms with Gasteiger partial charge in [-0.2, -0.15) is 0 Å². The molecule has 0 bridgehead atoms. The highest BCUT2D eigenvalue weighted by atomic mass is 16.5. The Labute approximate surface area is 167 Å². The lowest BCUT2D eigenvalue weighted by Crippen LogP contribution is -2.18. The van der Waals surface area contributed by atoms with Gasteiger partial charge in [-0.1, -0.05) is 30.3 Å². The van der Waals surface area contributed by atoms with Gasteiger partial charge >= 0.3 is 0 Å². The van der Waals surface area contributed by atoms with Gasteiger partial charge in [0.25, 0.3) is 0 Å². The summed E-state index contributed by atoms with van der Waals surface area (Å²) in [6.45, 7) is 2.00. The Balaban J connectivity index is 1.73. The molecule has 1 aliphatic heterocycles. The molecule has 5 rings (SSSR count). The maximum Gasteiger partial charge on any atom is 0.235 e. The molecule has 1 aromatic heterocycles. The van der Waals surface area contributed by atoms with Crippen molar-refractivity contribution >= 4 is 27.4 Å². The molecule has 29 heavy (non-hydrogen) atoms. The lowest BCUT2D eigenvalue weighted by atomic mass is 10.0. The number of anilines is 1. The Kier molecular flexibility index (Phi) is 4.16. The van der Waals surface area contributed by atoms with Crippen molar-refractivity contribution in [2.45, 2.75) is 12.8 Å². The first-order valence-corrected chi connectivity index (χ1v) is 9.78. The molecule has 5 heteroatoms. The van der Waals surface area contributed by atoms with E-state index >= 15 is 0 Å². The Morgan fingerprint density at radius 2 is 1.79 bits per heavy atom. The van der Waals surface area contributed by atoms with Crippen molar-refractivity contribution in [1.82, 2.24) is 0 Å². The number of benzene rings is 3. The van der Waals surface area contributed by atoms with E-state index in [2.05, 4.69) is 4.90 Å². The first-order valence-electron chi connectivity index (χ1n) is 9.78. The normalized spacial score (nSPS) is 14.0. The maximum absolute atomic E-state index is 12.8. The third kappa shape index (κ3) is 2.81. The minimum atomic E-state index is -0.436. The number of hydrogen-bond donors (Lipinski definition) is 1. The number of fused-ring (bicyclic) bond motifs is 3. The zero-order valence-corrected chi connectivity index (χ0v) is 16.1. The second-order valence-corrected chi connectivity index (χ2v) is 7.35. The highest BCUT2D eigenvalue weighted by Gasteiger charge is 2.21. The van der Waals surface area contributed by atoms with Crippen LogP contribution in [0, 0.1) is 0 Å². The van der Waals surface area contributed by atoms with Gasteiger partial charge in [-0.15, -0.1) is 0 Å². The van der Waals surface area contributed by atoms with Gasteiger partial charge in [0.15, 0.2) is 5.76 Å². The molecule has 0 aliphatic carbocycles. The molecule has 1 N–H and O–H groups in total. The molecule has 4 aromatic rings. The molecular formula is C24H21NO4. The van der Waals surface area contributed by atoms with Crippen LogP contribution >= 0.6 is 0 Å². The number of ether oxygens (including phenoxy) is 1. The molecule has 0 unspecified atom stereocenters. The molecule has 0 saturated carbocycles. The van der Waals surface area contributed by atoms with Crippen molar-refractivity contribution in [3.05, 3.63) is 64.8 Å². The van der Waals surface area contributed by atoms with Crippen LogP contribution in [-0.2, 0) is 0 Å². The Bertz CT molecular complexity index is 1290. The van der Waals surface area contributed by atoms with Gasteiger partial charge in [0.1, 0.15) is 11.3 Å². The predicted molar refractivity (Wildman–Crippen MR) is 115 cm³/mol. The summed E-state index contributed by atoms with van der Waals surface area (Å²) in [5.74, 6) is 0.471. The quantitative estimate of drug-likeness (QED) is 0.505. The van der Waals surface area contributed by atoms with Crippen LogP contribution in [0.5, 0.6) is 11.5 Å². The Morgan fingerprint density at radius 3 is 2.59 bits per heavy atom. The molecule has 1 aliphatic rings. The molecule has 0 radical (unpaired) electrons. The summed E-state index contributed by atoms with van der Waals surface area (Å²) in [6, 6.07) is 16.9. The van der Waals surface area contributed by atoms with Crippen molar-refractivity contribution in [3.8, 4) is 22.8 Å². The maximum atomic E-state index is 12.8. The van der Waals surface area contributed by atoms with E-state index in [0.717, 1.165) is 42.4 Å². The summed E-state index contributed by atoms with van der Waals surface area (Å²) in [7, 11) is 1.63. The van der Waals surface area contributed by atoms with Crippen LogP contribution in [0.3, 0.4) is 0 Å². The largest absolute Gasteiger partial charge is 0.502 e. The van der Waals surface area contributed by atoms with E-state index in [4.69, 9.17) is 9.15 Å². The van der Waals surface area contributed by atoms with Gasteiger partial charge in [-0.3, -0.25) is 4.79 Å². The van der Waals surface area contributed by atoms with E-state index in [1.807, 2.05) is 48.5 Å². The zero-order valence-electron chi connectivity index (χ0n) is 16.1. The summed E-state index contributed by atoms with van der Waals surface area (Å²) in [6.07, 6.45) is 2.33. The van der Waals surface area contributed by atoms with E-state index < -0.39 is 5.43 Å². The van der Waals surface area contributed by atoms with E-state index in [1.165, 1.54) is 0 Å². The molecular weight excluding hydrogens is 366 g/mol. The standard InChI is InChI=1S/C24H21NO4/c1-28-20-14-16(9-11-19(20)25-12-4-5-13-25)23-22(27)21(26)18-10-8-15-6-2-3-7-17(15)24(18)29-23/h2-3,6-11,14,27H,4-5,12-13H2,1H3. The lowest BCUT2D eigenvalue weighted by Gasteiger charge is -2.21. The number of rotatable bonds is 3.